The number of nitrogens with zero attached hydrogens (tertiary/aromatic N) is 1. The molecule has 1 aliphatic carbocycles. The quantitative estimate of drug-likeness (QED) is 0.516. The van der Waals surface area contributed by atoms with Crippen molar-refractivity contribution in [1.82, 2.24) is 4.90 Å². The van der Waals surface area contributed by atoms with Crippen molar-refractivity contribution >= 4 is 17.8 Å². The van der Waals surface area contributed by atoms with Crippen molar-refractivity contribution in [2.24, 2.45) is 16.2 Å². The van der Waals surface area contributed by atoms with Gasteiger partial charge in [-0.25, -0.2) is 0 Å². The first-order valence-electron chi connectivity index (χ1n) is 6.10. The van der Waals surface area contributed by atoms with E-state index in [4.69, 9.17) is 4.74 Å². The lowest BCUT2D eigenvalue weighted by molar-refractivity contribution is -0.198. The lowest BCUT2D eigenvalue weighted by Crippen LogP contribution is -2.61. The monoisotopic (exact) mass is 253 g/mol. The molecule has 2 fully saturated rings. The summed E-state index contributed by atoms with van der Waals surface area (Å²) in [5.74, 6) is -1.46. The topological polar surface area (TPSA) is 63.7 Å². The van der Waals surface area contributed by atoms with Gasteiger partial charge in [0.05, 0.1) is 5.41 Å². The van der Waals surface area contributed by atoms with Crippen LogP contribution in [0.1, 0.15) is 33.6 Å². The first kappa shape index (κ1) is 13.1. The maximum atomic E-state index is 12.5. The molecule has 2 aliphatic rings. The van der Waals surface area contributed by atoms with Gasteiger partial charge in [-0.3, -0.25) is 14.4 Å². The van der Waals surface area contributed by atoms with Crippen LogP contribution in [0.3, 0.4) is 0 Å². The summed E-state index contributed by atoms with van der Waals surface area (Å²) in [6.45, 7) is 5.42. The highest BCUT2D eigenvalue weighted by Crippen LogP contribution is 2.66. The first-order valence-corrected chi connectivity index (χ1v) is 6.10. The van der Waals surface area contributed by atoms with Crippen molar-refractivity contribution in [1.29, 1.82) is 0 Å². The van der Waals surface area contributed by atoms with Gasteiger partial charge in [-0.1, -0.05) is 13.8 Å². The van der Waals surface area contributed by atoms with E-state index in [1.54, 1.807) is 21.0 Å². The lowest BCUT2D eigenvalue weighted by Gasteiger charge is -2.48. The molecule has 1 heterocycles. The zero-order chi connectivity index (χ0) is 13.9. The molecule has 0 aromatic carbocycles. The Morgan fingerprint density at radius 3 is 2.17 bits per heavy atom. The van der Waals surface area contributed by atoms with Gasteiger partial charge in [-0.15, -0.1) is 0 Å². The summed E-state index contributed by atoms with van der Waals surface area (Å²) in [6, 6.07) is 0. The Balaban J connectivity index is 2.64. The second kappa shape index (κ2) is 3.33. The molecule has 0 spiro atoms. The fraction of sp³-hybridized carbons (Fsp3) is 0.769. The van der Waals surface area contributed by atoms with E-state index in [0.717, 1.165) is 0 Å². The SMILES string of the molecule is CN(C)C(=O)[C@@]12CC[C@@](C)(C(=O)OC1=O)C2(C)C. The van der Waals surface area contributed by atoms with Crippen LogP contribution in [0.4, 0.5) is 0 Å². The van der Waals surface area contributed by atoms with E-state index >= 15 is 0 Å². The number of carbonyl (C=O) groups is 3. The lowest BCUT2D eigenvalue weighted by atomic mass is 9.57. The van der Waals surface area contributed by atoms with Crippen LogP contribution >= 0.6 is 0 Å². The van der Waals surface area contributed by atoms with Crippen molar-refractivity contribution in [3.05, 3.63) is 0 Å². The molecular formula is C13H19NO4. The molecule has 100 valence electrons. The zero-order valence-corrected chi connectivity index (χ0v) is 11.5. The summed E-state index contributed by atoms with van der Waals surface area (Å²) in [4.78, 5) is 38.0. The van der Waals surface area contributed by atoms with E-state index in [2.05, 4.69) is 0 Å². The maximum Gasteiger partial charge on any atom is 0.329 e. The Labute approximate surface area is 106 Å². The van der Waals surface area contributed by atoms with E-state index in [9.17, 15) is 14.4 Å². The van der Waals surface area contributed by atoms with Gasteiger partial charge in [0.25, 0.3) is 0 Å². The van der Waals surface area contributed by atoms with Crippen LogP contribution in [0.25, 0.3) is 0 Å². The molecule has 1 amide bonds. The largest absolute Gasteiger partial charge is 0.392 e. The van der Waals surface area contributed by atoms with Gasteiger partial charge < -0.3 is 9.64 Å². The van der Waals surface area contributed by atoms with Crippen molar-refractivity contribution in [3.8, 4) is 0 Å². The molecule has 0 aromatic rings. The number of carbonyl (C=O) groups excluding carboxylic acids is 3. The number of amides is 1. The minimum atomic E-state index is -1.22. The predicted molar refractivity (Wildman–Crippen MR) is 63.3 cm³/mol. The van der Waals surface area contributed by atoms with Gasteiger partial charge in [0.15, 0.2) is 5.41 Å². The van der Waals surface area contributed by atoms with Gasteiger partial charge in [-0.2, -0.15) is 0 Å². The summed E-state index contributed by atoms with van der Waals surface area (Å²) in [6.07, 6.45) is 0.877. The molecule has 0 N–H and O–H groups in total. The van der Waals surface area contributed by atoms with E-state index < -0.39 is 28.2 Å². The Kier molecular flexibility index (Phi) is 2.42. The average molecular weight is 253 g/mol. The molecule has 0 aromatic heterocycles. The normalized spacial score (nSPS) is 37.4. The highest BCUT2D eigenvalue weighted by molar-refractivity contribution is 6.10. The summed E-state index contributed by atoms with van der Waals surface area (Å²) >= 11 is 0. The van der Waals surface area contributed by atoms with Gasteiger partial charge >= 0.3 is 11.9 Å². The van der Waals surface area contributed by atoms with E-state index in [1.165, 1.54) is 4.90 Å². The molecule has 18 heavy (non-hydrogen) atoms. The third kappa shape index (κ3) is 1.10. The molecule has 0 unspecified atom stereocenters. The van der Waals surface area contributed by atoms with E-state index in [-0.39, 0.29) is 5.91 Å². The predicted octanol–water partition coefficient (Wildman–Crippen LogP) is 0.971. The second-order valence-electron chi connectivity index (χ2n) is 6.24. The molecule has 5 heteroatoms. The third-order valence-corrected chi connectivity index (χ3v) is 5.20. The van der Waals surface area contributed by atoms with Crippen LogP contribution in [0.15, 0.2) is 0 Å². The number of fused-ring (bicyclic) bond motifs is 2. The fourth-order valence-corrected chi connectivity index (χ4v) is 3.38. The Bertz CT molecular complexity index is 454. The molecule has 2 rings (SSSR count). The number of rotatable bonds is 1. The summed E-state index contributed by atoms with van der Waals surface area (Å²) in [7, 11) is 3.24. The maximum absolute atomic E-state index is 12.5. The Morgan fingerprint density at radius 1 is 1.11 bits per heavy atom. The number of hydrogen-bond acceptors (Lipinski definition) is 4. The number of hydrogen-bond donors (Lipinski definition) is 0. The van der Waals surface area contributed by atoms with Gasteiger partial charge in [-0.05, 0) is 19.8 Å². The van der Waals surface area contributed by atoms with Crippen LogP contribution in [-0.4, -0.2) is 36.8 Å². The first-order chi connectivity index (χ1) is 8.11. The molecule has 5 nitrogen and oxygen atoms in total. The number of esters is 2. The summed E-state index contributed by atoms with van der Waals surface area (Å²) < 4.78 is 4.86. The van der Waals surface area contributed by atoms with Crippen LogP contribution in [-0.2, 0) is 19.1 Å². The molecule has 2 atom stereocenters. The molecule has 1 saturated heterocycles. The highest BCUT2D eigenvalue weighted by atomic mass is 16.6. The number of cyclic esters (lactones) is 2. The Morgan fingerprint density at radius 2 is 1.67 bits per heavy atom. The molecule has 0 radical (unpaired) electrons. The smallest absolute Gasteiger partial charge is 0.329 e. The van der Waals surface area contributed by atoms with Crippen molar-refractivity contribution in [3.63, 3.8) is 0 Å². The van der Waals surface area contributed by atoms with Crippen molar-refractivity contribution < 1.29 is 19.1 Å². The van der Waals surface area contributed by atoms with Gasteiger partial charge in [0.2, 0.25) is 5.91 Å². The highest BCUT2D eigenvalue weighted by Gasteiger charge is 2.75. The van der Waals surface area contributed by atoms with Crippen molar-refractivity contribution in [2.45, 2.75) is 33.6 Å². The summed E-state index contributed by atoms with van der Waals surface area (Å²) in [5.41, 5.74) is -2.72. The van der Waals surface area contributed by atoms with E-state index in [1.807, 2.05) is 13.8 Å². The number of ether oxygens (including phenoxy) is 1. The van der Waals surface area contributed by atoms with Crippen LogP contribution in [0.2, 0.25) is 0 Å². The van der Waals surface area contributed by atoms with Crippen LogP contribution < -0.4 is 0 Å². The van der Waals surface area contributed by atoms with Crippen molar-refractivity contribution in [2.75, 3.05) is 14.1 Å². The minimum Gasteiger partial charge on any atom is -0.392 e. The minimum absolute atomic E-state index is 0.270. The summed E-state index contributed by atoms with van der Waals surface area (Å²) in [5, 5.41) is 0. The molecule has 2 bridgehead atoms. The molecule has 1 saturated carbocycles. The van der Waals surface area contributed by atoms with E-state index in [0.29, 0.717) is 12.8 Å². The van der Waals surface area contributed by atoms with Crippen LogP contribution in [0.5, 0.6) is 0 Å². The standard InChI is InChI=1S/C13H19NO4/c1-11(2)12(3)6-7-13(11,8(15)14(4)5)10(17)18-9(12)16/h6-7H2,1-5H3/t12-,13-/m0/s1. The Hall–Kier alpha value is -1.39. The van der Waals surface area contributed by atoms with Gasteiger partial charge in [0.1, 0.15) is 0 Å². The molecule has 1 aliphatic heterocycles. The van der Waals surface area contributed by atoms with Crippen LogP contribution in [0, 0.1) is 16.2 Å². The third-order valence-electron chi connectivity index (χ3n) is 5.20. The average Bonchev–Trinajstić information content (AvgIpc) is 2.40. The second-order valence-corrected chi connectivity index (χ2v) is 6.24. The zero-order valence-electron chi connectivity index (χ0n) is 11.5. The van der Waals surface area contributed by atoms with Gasteiger partial charge in [0, 0.05) is 19.5 Å². The fourth-order valence-electron chi connectivity index (χ4n) is 3.38. The molecular weight excluding hydrogens is 234 g/mol.